The number of rotatable bonds is 23. The fourth-order valence-corrected chi connectivity index (χ4v) is 2.48. The molecule has 0 saturated heterocycles. The maximum atomic E-state index is 11.9. The predicted molar refractivity (Wildman–Crippen MR) is 142 cm³/mol. The Morgan fingerprint density at radius 1 is 0.452 bits per heavy atom. The molecule has 42 heavy (non-hydrogen) atoms. The minimum Gasteiger partial charge on any atom is -0.462 e. The summed E-state index contributed by atoms with van der Waals surface area (Å²) >= 11 is 0. The molecule has 0 bridgehead atoms. The van der Waals surface area contributed by atoms with E-state index in [1.165, 1.54) is 0 Å². The van der Waals surface area contributed by atoms with E-state index in [2.05, 4.69) is 33.9 Å². The lowest BCUT2D eigenvalue weighted by molar-refractivity contribution is -0.151. The van der Waals surface area contributed by atoms with Crippen LogP contribution in [0.15, 0.2) is 36.5 Å². The molecule has 0 aliphatic carbocycles. The second kappa shape index (κ2) is 22.6. The van der Waals surface area contributed by atoms with E-state index >= 15 is 0 Å². The van der Waals surface area contributed by atoms with Crippen LogP contribution in [0.5, 0.6) is 0 Å². The van der Waals surface area contributed by atoms with Crippen molar-refractivity contribution in [3.63, 3.8) is 0 Å². The van der Waals surface area contributed by atoms with E-state index in [0.29, 0.717) is 0 Å². The van der Waals surface area contributed by atoms with Crippen molar-refractivity contribution in [1.29, 1.82) is 0 Å². The number of ether oxygens (including phenoxy) is 9. The molecule has 0 saturated carbocycles. The van der Waals surface area contributed by atoms with Gasteiger partial charge in [-0.25, -0.2) is 28.8 Å². The summed E-state index contributed by atoms with van der Waals surface area (Å²) in [5, 5.41) is 0. The van der Waals surface area contributed by atoms with Gasteiger partial charge in [-0.1, -0.05) is 19.7 Å². The lowest BCUT2D eigenvalue weighted by Crippen LogP contribution is -2.29. The highest BCUT2D eigenvalue weighted by Gasteiger charge is 2.21. The van der Waals surface area contributed by atoms with Crippen LogP contribution < -0.4 is 0 Å². The van der Waals surface area contributed by atoms with Crippen LogP contribution in [0.1, 0.15) is 20.8 Å². The second-order valence-electron chi connectivity index (χ2n) is 7.65. The van der Waals surface area contributed by atoms with Crippen LogP contribution in [0.2, 0.25) is 0 Å². The Morgan fingerprint density at radius 2 is 0.738 bits per heavy atom. The third-order valence-corrected chi connectivity index (χ3v) is 4.50. The fourth-order valence-electron chi connectivity index (χ4n) is 2.48. The summed E-state index contributed by atoms with van der Waals surface area (Å²) in [6.07, 6.45) is -0.729. The summed E-state index contributed by atoms with van der Waals surface area (Å²) in [4.78, 5) is 70.1. The number of esters is 6. The molecule has 236 valence electrons. The van der Waals surface area contributed by atoms with Gasteiger partial charge < -0.3 is 42.6 Å². The third-order valence-electron chi connectivity index (χ3n) is 4.50. The maximum absolute atomic E-state index is 11.9. The highest BCUT2D eigenvalue weighted by Crippen LogP contribution is 2.03. The molecule has 0 unspecified atom stereocenters. The van der Waals surface area contributed by atoms with Gasteiger partial charge in [0.05, 0.1) is 52.9 Å². The largest absolute Gasteiger partial charge is 0.462 e. The summed E-state index contributed by atoms with van der Waals surface area (Å²) in [5.41, 5.74) is -1.39. The van der Waals surface area contributed by atoms with Gasteiger partial charge in [0.15, 0.2) is 0 Å². The van der Waals surface area contributed by atoms with Crippen molar-refractivity contribution in [2.24, 2.45) is 0 Å². The van der Waals surface area contributed by atoms with Gasteiger partial charge >= 0.3 is 35.8 Å². The Morgan fingerprint density at radius 3 is 1.05 bits per heavy atom. The van der Waals surface area contributed by atoms with Gasteiger partial charge in [0.2, 0.25) is 0 Å². The second-order valence-corrected chi connectivity index (χ2v) is 7.65. The summed E-state index contributed by atoms with van der Waals surface area (Å²) < 4.78 is 45.2. The molecule has 0 aromatic rings. The SMILES string of the molecule is C=C(C(=O)OCC)C(=O)OCCOCC(COCCOC(=O)C(=C)C(=O)OCC)OCCOC(=O)C(=C)C(=O)OCC. The minimum absolute atomic E-state index is 0.0641. The first-order valence-electron chi connectivity index (χ1n) is 12.9. The van der Waals surface area contributed by atoms with Crippen LogP contribution in [0.4, 0.5) is 0 Å². The van der Waals surface area contributed by atoms with Crippen molar-refractivity contribution in [1.82, 2.24) is 0 Å². The van der Waals surface area contributed by atoms with E-state index < -0.39 is 58.6 Å². The molecular formula is C27H38O15. The zero-order valence-electron chi connectivity index (χ0n) is 24.1. The number of carbonyl (C=O) groups excluding carboxylic acids is 6. The zero-order chi connectivity index (χ0) is 31.9. The Kier molecular flexibility index (Phi) is 20.4. The highest BCUT2D eigenvalue weighted by atomic mass is 16.6. The molecule has 0 aliphatic rings. The molecule has 0 amide bonds. The average molecular weight is 603 g/mol. The Hall–Kier alpha value is -4.08. The van der Waals surface area contributed by atoms with Crippen molar-refractivity contribution < 1.29 is 71.4 Å². The maximum Gasteiger partial charge on any atom is 0.345 e. The van der Waals surface area contributed by atoms with Crippen LogP contribution in [-0.2, 0) is 71.4 Å². The van der Waals surface area contributed by atoms with Gasteiger partial charge in [0.1, 0.15) is 42.6 Å². The van der Waals surface area contributed by atoms with Crippen molar-refractivity contribution in [3.8, 4) is 0 Å². The van der Waals surface area contributed by atoms with Gasteiger partial charge in [0.25, 0.3) is 0 Å². The predicted octanol–water partition coefficient (Wildman–Crippen LogP) is 0.392. The Balaban J connectivity index is 4.68. The van der Waals surface area contributed by atoms with Crippen LogP contribution in [0.25, 0.3) is 0 Å². The van der Waals surface area contributed by atoms with Crippen molar-refractivity contribution >= 4 is 35.8 Å². The quantitative estimate of drug-likeness (QED) is 0.0390. The van der Waals surface area contributed by atoms with Crippen molar-refractivity contribution in [3.05, 3.63) is 36.5 Å². The summed E-state index contributed by atoms with van der Waals surface area (Å²) in [6.45, 7) is 13.8. The third kappa shape index (κ3) is 16.2. The number of hydrogen-bond acceptors (Lipinski definition) is 15. The summed E-state index contributed by atoms with van der Waals surface area (Å²) in [6, 6.07) is 0. The van der Waals surface area contributed by atoms with E-state index in [4.69, 9.17) is 28.4 Å². The standard InChI is InChI=1S/C27H38O15/c1-7-36-22(28)18(4)25(31)40-12-10-34-16-21(39-14-15-42-27(33)20(6)24(30)38-9-3)17-35-11-13-41-26(32)19(5)23(29)37-8-2/h21H,4-17H2,1-3H3. The molecule has 0 aromatic carbocycles. The van der Waals surface area contributed by atoms with Crippen molar-refractivity contribution in [2.45, 2.75) is 26.9 Å². The van der Waals surface area contributed by atoms with Gasteiger partial charge in [-0.15, -0.1) is 0 Å². The Labute approximate surface area is 243 Å². The van der Waals surface area contributed by atoms with Gasteiger partial charge in [-0.05, 0) is 20.8 Å². The molecule has 15 nitrogen and oxygen atoms in total. The lowest BCUT2D eigenvalue weighted by Gasteiger charge is -2.18. The normalized spacial score (nSPS) is 10.3. The van der Waals surface area contributed by atoms with E-state index in [0.717, 1.165) is 0 Å². The lowest BCUT2D eigenvalue weighted by atomic mass is 10.3. The topological polar surface area (TPSA) is 185 Å². The number of carbonyl (C=O) groups is 6. The first kappa shape index (κ1) is 37.9. The smallest absolute Gasteiger partial charge is 0.345 e. The molecule has 0 aromatic heterocycles. The van der Waals surface area contributed by atoms with Crippen LogP contribution in [0.3, 0.4) is 0 Å². The highest BCUT2D eigenvalue weighted by molar-refractivity contribution is 6.14. The van der Waals surface area contributed by atoms with Gasteiger partial charge in [0, 0.05) is 0 Å². The average Bonchev–Trinajstić information content (AvgIpc) is 2.97. The monoisotopic (exact) mass is 602 g/mol. The molecule has 0 heterocycles. The fraction of sp³-hybridized carbons (Fsp3) is 0.556. The minimum atomic E-state index is -0.974. The van der Waals surface area contributed by atoms with E-state index in [9.17, 15) is 28.8 Å². The van der Waals surface area contributed by atoms with Gasteiger partial charge in [-0.2, -0.15) is 0 Å². The molecule has 0 atom stereocenters. The van der Waals surface area contributed by atoms with Gasteiger partial charge in [-0.3, -0.25) is 0 Å². The van der Waals surface area contributed by atoms with E-state index in [1.807, 2.05) is 0 Å². The molecule has 0 N–H and O–H groups in total. The van der Waals surface area contributed by atoms with Crippen molar-refractivity contribution in [2.75, 3.05) is 72.7 Å². The molecular weight excluding hydrogens is 564 g/mol. The first-order chi connectivity index (χ1) is 20.0. The molecule has 0 radical (unpaired) electrons. The number of hydrogen-bond donors (Lipinski definition) is 0. The molecule has 15 heteroatoms. The summed E-state index contributed by atoms with van der Waals surface area (Å²) in [7, 11) is 0. The molecule has 0 rings (SSSR count). The van der Waals surface area contributed by atoms with E-state index in [1.54, 1.807) is 20.8 Å². The molecule has 0 spiro atoms. The molecule has 0 fully saturated rings. The summed E-state index contributed by atoms with van der Waals surface area (Å²) in [5.74, 6) is -5.58. The van der Waals surface area contributed by atoms with Crippen LogP contribution in [-0.4, -0.2) is 115 Å². The van der Waals surface area contributed by atoms with Crippen LogP contribution in [0, 0.1) is 0 Å². The molecule has 0 aliphatic heterocycles. The first-order valence-corrected chi connectivity index (χ1v) is 12.9. The zero-order valence-corrected chi connectivity index (χ0v) is 24.1. The Bertz CT molecular complexity index is 917. The van der Waals surface area contributed by atoms with E-state index in [-0.39, 0.29) is 72.7 Å². The van der Waals surface area contributed by atoms with Crippen LogP contribution >= 0.6 is 0 Å².